The Morgan fingerprint density at radius 2 is 1.31 bits per heavy atom. The van der Waals surface area contributed by atoms with Crippen LogP contribution in [0.3, 0.4) is 0 Å². The van der Waals surface area contributed by atoms with E-state index in [2.05, 4.69) is 41.5 Å². The highest BCUT2D eigenvalue weighted by molar-refractivity contribution is 7.76. The van der Waals surface area contributed by atoms with E-state index in [4.69, 9.17) is 0 Å². The third kappa shape index (κ3) is 4.15. The summed E-state index contributed by atoms with van der Waals surface area (Å²) in [6.07, 6.45) is 1.74. The van der Waals surface area contributed by atoms with Crippen molar-refractivity contribution in [2.24, 2.45) is 11.8 Å². The van der Waals surface area contributed by atoms with Crippen molar-refractivity contribution in [1.82, 2.24) is 4.31 Å². The highest BCUT2D eigenvalue weighted by Crippen LogP contribution is 2.24. The molecule has 3 nitrogen and oxygen atoms in total. The van der Waals surface area contributed by atoms with Crippen molar-refractivity contribution < 1.29 is 8.76 Å². The number of rotatable bonds is 7. The first kappa shape index (κ1) is 16.1. The van der Waals surface area contributed by atoms with Crippen molar-refractivity contribution >= 4 is 11.3 Å². The van der Waals surface area contributed by atoms with Gasteiger partial charge in [-0.2, -0.15) is 0 Å². The fourth-order valence-electron chi connectivity index (χ4n) is 2.36. The maximum absolute atomic E-state index is 11.4. The minimum Gasteiger partial charge on any atom is -0.760 e. The first-order valence-electron chi connectivity index (χ1n) is 6.24. The van der Waals surface area contributed by atoms with Gasteiger partial charge < -0.3 is 4.55 Å². The van der Waals surface area contributed by atoms with Crippen LogP contribution in [0.2, 0.25) is 0 Å². The van der Waals surface area contributed by atoms with Crippen molar-refractivity contribution in [2.75, 3.05) is 0 Å². The molecule has 3 atom stereocenters. The van der Waals surface area contributed by atoms with Crippen LogP contribution in [0.4, 0.5) is 0 Å². The van der Waals surface area contributed by atoms with Gasteiger partial charge in [0, 0.05) is 23.4 Å². The van der Waals surface area contributed by atoms with Gasteiger partial charge in [-0.3, -0.25) is 4.21 Å². The van der Waals surface area contributed by atoms with E-state index < -0.39 is 11.3 Å². The Hall–Kier alpha value is 0.0700. The van der Waals surface area contributed by atoms with Crippen LogP contribution in [-0.4, -0.2) is 25.2 Å². The van der Waals surface area contributed by atoms with E-state index in [1.54, 1.807) is 4.31 Å². The van der Waals surface area contributed by atoms with E-state index in [1.807, 2.05) is 0 Å². The van der Waals surface area contributed by atoms with Crippen LogP contribution in [0.25, 0.3) is 0 Å². The van der Waals surface area contributed by atoms with E-state index >= 15 is 0 Å². The monoisotopic (exact) mass is 248 g/mol. The summed E-state index contributed by atoms with van der Waals surface area (Å²) in [5.74, 6) is 0.714. The van der Waals surface area contributed by atoms with Crippen LogP contribution in [0.15, 0.2) is 0 Å². The van der Waals surface area contributed by atoms with Crippen LogP contribution in [-0.2, 0) is 11.3 Å². The zero-order valence-electron chi connectivity index (χ0n) is 11.4. The molecule has 0 N–H and O–H groups in total. The summed E-state index contributed by atoms with van der Waals surface area (Å²) in [6, 6.07) is 0.233. The summed E-state index contributed by atoms with van der Waals surface area (Å²) in [6.45, 7) is 12.4. The second-order valence-corrected chi connectivity index (χ2v) is 5.87. The van der Waals surface area contributed by atoms with E-state index in [9.17, 15) is 8.76 Å². The molecule has 0 aliphatic carbocycles. The SMILES string of the molecule is CCC(C(C)C)N(C(CC)C(C)C)S(=O)[O-]. The lowest BCUT2D eigenvalue weighted by Gasteiger charge is -2.42. The molecule has 0 saturated heterocycles. The molecule has 0 aromatic rings. The number of hydrogen-bond donors (Lipinski definition) is 0. The molecule has 0 radical (unpaired) electrons. The van der Waals surface area contributed by atoms with Crippen molar-refractivity contribution in [2.45, 2.75) is 66.5 Å². The minimum atomic E-state index is -2.12. The lowest BCUT2D eigenvalue weighted by atomic mass is 9.96. The Morgan fingerprint density at radius 3 is 1.44 bits per heavy atom. The van der Waals surface area contributed by atoms with E-state index in [0.29, 0.717) is 11.8 Å². The standard InChI is InChI=1S/C12H27NO2S/c1-7-11(9(3)4)13(16(14)15)12(8-2)10(5)6/h9-12H,7-8H2,1-6H3,(H,14,15)/p-1. The third-order valence-corrected chi connectivity index (χ3v) is 4.09. The topological polar surface area (TPSA) is 43.4 Å². The molecule has 0 bridgehead atoms. The molecule has 16 heavy (non-hydrogen) atoms. The molecule has 0 rings (SSSR count). The van der Waals surface area contributed by atoms with Gasteiger partial charge in [-0.1, -0.05) is 41.5 Å². The summed E-state index contributed by atoms with van der Waals surface area (Å²) in [5.41, 5.74) is 0. The predicted molar refractivity (Wildman–Crippen MR) is 68.6 cm³/mol. The van der Waals surface area contributed by atoms with Gasteiger partial charge in [0.1, 0.15) is 0 Å². The molecule has 0 fully saturated rings. The normalized spacial score (nSPS) is 18.1. The van der Waals surface area contributed by atoms with Gasteiger partial charge in [-0.25, -0.2) is 4.31 Å². The fraction of sp³-hybridized carbons (Fsp3) is 1.00. The average Bonchev–Trinajstić information content (AvgIpc) is 2.16. The van der Waals surface area contributed by atoms with Crippen LogP contribution >= 0.6 is 0 Å². The second kappa shape index (κ2) is 7.41. The molecular formula is C12H26NO2S-. The second-order valence-electron chi connectivity index (χ2n) is 5.02. The van der Waals surface area contributed by atoms with Gasteiger partial charge in [0.2, 0.25) is 0 Å². The van der Waals surface area contributed by atoms with Gasteiger partial charge in [0.05, 0.1) is 0 Å². The van der Waals surface area contributed by atoms with Crippen molar-refractivity contribution in [1.29, 1.82) is 0 Å². The largest absolute Gasteiger partial charge is 0.760 e. The van der Waals surface area contributed by atoms with E-state index in [0.717, 1.165) is 12.8 Å². The first-order chi connectivity index (χ1) is 7.36. The smallest absolute Gasteiger partial charge is 0.0238 e. The van der Waals surface area contributed by atoms with Gasteiger partial charge in [0.25, 0.3) is 0 Å². The molecule has 0 aliphatic rings. The summed E-state index contributed by atoms with van der Waals surface area (Å²) in [5, 5.41) is 0. The molecule has 0 amide bonds. The van der Waals surface area contributed by atoms with E-state index in [-0.39, 0.29) is 12.1 Å². The van der Waals surface area contributed by atoms with Gasteiger partial charge in [-0.05, 0) is 24.7 Å². The van der Waals surface area contributed by atoms with E-state index in [1.165, 1.54) is 0 Å². The summed E-state index contributed by atoms with van der Waals surface area (Å²) < 4.78 is 24.5. The maximum Gasteiger partial charge on any atom is 0.0238 e. The van der Waals surface area contributed by atoms with Gasteiger partial charge in [-0.15, -0.1) is 0 Å². The molecule has 0 spiro atoms. The van der Waals surface area contributed by atoms with Crippen molar-refractivity contribution in [3.05, 3.63) is 0 Å². The Kier molecular flexibility index (Phi) is 7.44. The highest BCUT2D eigenvalue weighted by atomic mass is 32.2. The van der Waals surface area contributed by atoms with Crippen LogP contribution in [0.1, 0.15) is 54.4 Å². The summed E-state index contributed by atoms with van der Waals surface area (Å²) in [4.78, 5) is 0. The zero-order chi connectivity index (χ0) is 12.9. The minimum absolute atomic E-state index is 0.116. The Labute approximate surface area is 103 Å². The Morgan fingerprint density at radius 1 is 1.00 bits per heavy atom. The molecule has 98 valence electrons. The van der Waals surface area contributed by atoms with Crippen LogP contribution in [0.5, 0.6) is 0 Å². The molecule has 3 unspecified atom stereocenters. The first-order valence-corrected chi connectivity index (χ1v) is 7.27. The zero-order valence-corrected chi connectivity index (χ0v) is 12.2. The number of hydrogen-bond acceptors (Lipinski definition) is 2. The summed E-state index contributed by atoms with van der Waals surface area (Å²) >= 11 is -2.12. The fourth-order valence-corrected chi connectivity index (χ4v) is 3.58. The third-order valence-electron chi connectivity index (χ3n) is 3.20. The molecular weight excluding hydrogens is 222 g/mol. The summed E-state index contributed by atoms with van der Waals surface area (Å²) in [7, 11) is 0. The Balaban J connectivity index is 5.03. The molecule has 0 heterocycles. The maximum atomic E-state index is 11.4. The average molecular weight is 248 g/mol. The van der Waals surface area contributed by atoms with Crippen LogP contribution in [0, 0.1) is 11.8 Å². The van der Waals surface area contributed by atoms with Gasteiger partial charge in [0.15, 0.2) is 0 Å². The predicted octanol–water partition coefficient (Wildman–Crippen LogP) is 2.95. The van der Waals surface area contributed by atoms with Crippen molar-refractivity contribution in [3.8, 4) is 0 Å². The molecule has 0 aromatic heterocycles. The molecule has 0 aliphatic heterocycles. The Bertz CT molecular complexity index is 203. The lowest BCUT2D eigenvalue weighted by molar-refractivity contribution is 0.156. The molecule has 4 heteroatoms. The number of nitrogens with zero attached hydrogens (tertiary/aromatic N) is 1. The quantitative estimate of drug-likeness (QED) is 0.650. The van der Waals surface area contributed by atoms with Gasteiger partial charge >= 0.3 is 0 Å². The highest BCUT2D eigenvalue weighted by Gasteiger charge is 2.29. The molecule has 0 saturated carbocycles. The lowest BCUT2D eigenvalue weighted by Crippen LogP contribution is -2.48. The van der Waals surface area contributed by atoms with Crippen molar-refractivity contribution in [3.63, 3.8) is 0 Å². The molecule has 0 aromatic carbocycles. The van der Waals surface area contributed by atoms with Crippen LogP contribution < -0.4 is 0 Å².